The third-order valence-corrected chi connectivity index (χ3v) is 4.47. The molecule has 1 unspecified atom stereocenters. The van der Waals surface area contributed by atoms with Crippen molar-refractivity contribution in [3.63, 3.8) is 0 Å². The molecule has 26 heavy (non-hydrogen) atoms. The van der Waals surface area contributed by atoms with Crippen molar-refractivity contribution in [2.75, 3.05) is 32.8 Å². The lowest BCUT2D eigenvalue weighted by molar-refractivity contribution is 0.109. The van der Waals surface area contributed by atoms with Crippen LogP contribution in [0.4, 0.5) is 0 Å². The zero-order valence-corrected chi connectivity index (χ0v) is 15.2. The van der Waals surface area contributed by atoms with Crippen LogP contribution in [0.15, 0.2) is 55.1 Å². The summed E-state index contributed by atoms with van der Waals surface area (Å²) in [6, 6.07) is 13.9. The molecule has 138 valence electrons. The van der Waals surface area contributed by atoms with E-state index in [4.69, 9.17) is 9.47 Å². The monoisotopic (exact) mass is 353 g/mol. The Hall–Kier alpha value is -2.24. The van der Waals surface area contributed by atoms with Crippen LogP contribution in [0.2, 0.25) is 0 Å². The van der Waals surface area contributed by atoms with E-state index in [1.807, 2.05) is 48.5 Å². The highest BCUT2D eigenvalue weighted by Crippen LogP contribution is 2.19. The summed E-state index contributed by atoms with van der Waals surface area (Å²) in [5.74, 6) is 0.574. The van der Waals surface area contributed by atoms with Gasteiger partial charge in [0.05, 0.1) is 12.3 Å². The van der Waals surface area contributed by atoms with Crippen LogP contribution in [0, 0.1) is 0 Å². The second-order valence-corrected chi connectivity index (χ2v) is 6.50. The fraction of sp³-hybridized carbons (Fsp3) is 0.429. The van der Waals surface area contributed by atoms with E-state index in [9.17, 15) is 0 Å². The van der Waals surface area contributed by atoms with E-state index in [0.29, 0.717) is 5.88 Å². The molecule has 1 aliphatic heterocycles. The molecule has 0 amide bonds. The predicted molar refractivity (Wildman–Crippen MR) is 103 cm³/mol. The third kappa shape index (κ3) is 5.64. The average Bonchev–Trinajstić information content (AvgIpc) is 2.96. The van der Waals surface area contributed by atoms with Crippen LogP contribution in [0.25, 0.3) is 11.3 Å². The van der Waals surface area contributed by atoms with Gasteiger partial charge >= 0.3 is 0 Å². The van der Waals surface area contributed by atoms with Crippen molar-refractivity contribution < 1.29 is 9.47 Å². The van der Waals surface area contributed by atoms with Crippen LogP contribution >= 0.6 is 0 Å². The molecule has 1 aliphatic rings. The maximum atomic E-state index is 6.15. The first kappa shape index (κ1) is 18.5. The fourth-order valence-electron chi connectivity index (χ4n) is 3.08. The molecule has 0 aliphatic carbocycles. The van der Waals surface area contributed by atoms with Gasteiger partial charge in [0.1, 0.15) is 6.10 Å². The van der Waals surface area contributed by atoms with E-state index in [-0.39, 0.29) is 6.10 Å². The van der Waals surface area contributed by atoms with Crippen molar-refractivity contribution in [3.8, 4) is 17.1 Å². The van der Waals surface area contributed by atoms with Crippen LogP contribution in [0.3, 0.4) is 0 Å². The highest BCUT2D eigenvalue weighted by atomic mass is 16.5. The molecule has 3 rings (SSSR count). The Morgan fingerprint density at radius 2 is 2.00 bits per heavy atom. The molecule has 1 aromatic carbocycles. The first-order valence-corrected chi connectivity index (χ1v) is 9.32. The van der Waals surface area contributed by atoms with Crippen LogP contribution in [0.5, 0.6) is 5.88 Å². The normalized spacial score (nSPS) is 16.6. The van der Waals surface area contributed by atoms with Crippen LogP contribution in [0.1, 0.15) is 19.3 Å². The molecule has 0 bridgehead atoms. The second-order valence-electron chi connectivity index (χ2n) is 6.50. The summed E-state index contributed by atoms with van der Waals surface area (Å²) in [4.78, 5) is 2.41. The largest absolute Gasteiger partial charge is 0.472 e. The van der Waals surface area contributed by atoms with Crippen molar-refractivity contribution in [1.82, 2.24) is 15.1 Å². The van der Waals surface area contributed by atoms with Gasteiger partial charge in [0.2, 0.25) is 5.88 Å². The summed E-state index contributed by atoms with van der Waals surface area (Å²) in [7, 11) is 0. The maximum Gasteiger partial charge on any atom is 0.233 e. The molecule has 5 heteroatoms. The summed E-state index contributed by atoms with van der Waals surface area (Å²) in [6.45, 7) is 8.34. The Morgan fingerprint density at radius 3 is 2.77 bits per heavy atom. The molecule has 5 nitrogen and oxygen atoms in total. The van der Waals surface area contributed by atoms with Crippen molar-refractivity contribution in [2.45, 2.75) is 25.4 Å². The maximum absolute atomic E-state index is 6.15. The minimum absolute atomic E-state index is 0.0722. The molecule has 1 aromatic heterocycles. The van der Waals surface area contributed by atoms with Crippen molar-refractivity contribution >= 4 is 0 Å². The highest BCUT2D eigenvalue weighted by molar-refractivity contribution is 5.58. The summed E-state index contributed by atoms with van der Waals surface area (Å²) in [5, 5.41) is 8.59. The zero-order chi connectivity index (χ0) is 18.0. The summed E-state index contributed by atoms with van der Waals surface area (Å²) in [5.41, 5.74) is 1.91. The van der Waals surface area contributed by atoms with Crippen molar-refractivity contribution in [3.05, 3.63) is 55.1 Å². The third-order valence-electron chi connectivity index (χ3n) is 4.47. The molecular formula is C21H27N3O2. The lowest BCUT2D eigenvalue weighted by Gasteiger charge is -2.26. The van der Waals surface area contributed by atoms with Gasteiger partial charge in [-0.15, -0.1) is 16.8 Å². The molecule has 1 fully saturated rings. The molecule has 2 aromatic rings. The van der Waals surface area contributed by atoms with E-state index in [2.05, 4.69) is 21.7 Å². The molecule has 2 heterocycles. The number of allylic oxidation sites excluding steroid dienone is 1. The number of hydrogen-bond donors (Lipinski definition) is 0. The summed E-state index contributed by atoms with van der Waals surface area (Å²) in [6.07, 6.45) is 4.92. The van der Waals surface area contributed by atoms with E-state index in [0.717, 1.165) is 63.4 Å². The lowest BCUT2D eigenvalue weighted by Crippen LogP contribution is -2.37. The van der Waals surface area contributed by atoms with E-state index >= 15 is 0 Å². The van der Waals surface area contributed by atoms with E-state index in [1.54, 1.807) is 0 Å². The topological polar surface area (TPSA) is 47.5 Å². The molecule has 0 spiro atoms. The Morgan fingerprint density at radius 1 is 1.12 bits per heavy atom. The van der Waals surface area contributed by atoms with Crippen LogP contribution in [-0.4, -0.2) is 54.0 Å². The van der Waals surface area contributed by atoms with Gasteiger partial charge in [-0.2, -0.15) is 0 Å². The SMILES string of the molecule is C=CCCC(CN1CCCOCC1)Oc1ccc(-c2ccccc2)nn1. The number of nitrogens with zero attached hydrogens (tertiary/aromatic N) is 3. The molecule has 0 N–H and O–H groups in total. The van der Waals surface area contributed by atoms with Gasteiger partial charge < -0.3 is 9.47 Å². The van der Waals surface area contributed by atoms with Crippen LogP contribution in [-0.2, 0) is 4.74 Å². The minimum Gasteiger partial charge on any atom is -0.472 e. The van der Waals surface area contributed by atoms with Gasteiger partial charge in [0.25, 0.3) is 0 Å². The number of aromatic nitrogens is 2. The fourth-order valence-corrected chi connectivity index (χ4v) is 3.08. The minimum atomic E-state index is 0.0722. The second kappa shape index (κ2) is 10.0. The Balaban J connectivity index is 1.62. The molecule has 1 saturated heterocycles. The quantitative estimate of drug-likeness (QED) is 0.679. The Kier molecular flexibility index (Phi) is 7.16. The lowest BCUT2D eigenvalue weighted by atomic mass is 10.1. The van der Waals surface area contributed by atoms with Gasteiger partial charge in [-0.3, -0.25) is 4.90 Å². The van der Waals surface area contributed by atoms with E-state index < -0.39 is 0 Å². The van der Waals surface area contributed by atoms with Gasteiger partial charge in [-0.25, -0.2) is 0 Å². The molecule has 1 atom stereocenters. The van der Waals surface area contributed by atoms with E-state index in [1.165, 1.54) is 0 Å². The Bertz CT molecular complexity index is 653. The first-order valence-electron chi connectivity index (χ1n) is 9.32. The predicted octanol–water partition coefficient (Wildman–Crippen LogP) is 3.58. The van der Waals surface area contributed by atoms with Crippen molar-refractivity contribution in [1.29, 1.82) is 0 Å². The van der Waals surface area contributed by atoms with Gasteiger partial charge in [0.15, 0.2) is 0 Å². The average molecular weight is 353 g/mol. The highest BCUT2D eigenvalue weighted by Gasteiger charge is 2.17. The van der Waals surface area contributed by atoms with Gasteiger partial charge in [-0.05, 0) is 25.3 Å². The number of rotatable bonds is 8. The molecule has 0 radical (unpaired) electrons. The van der Waals surface area contributed by atoms with Crippen molar-refractivity contribution in [2.24, 2.45) is 0 Å². The number of ether oxygens (including phenoxy) is 2. The number of hydrogen-bond acceptors (Lipinski definition) is 5. The standard InChI is InChI=1S/C21H27N3O2/c1-2-3-10-19(17-24-13-7-15-25-16-14-24)26-21-12-11-20(22-23-21)18-8-5-4-6-9-18/h2,4-6,8-9,11-12,19H,1,3,7,10,13-17H2. The van der Waals surface area contributed by atoms with Gasteiger partial charge in [-0.1, -0.05) is 36.4 Å². The molecule has 0 saturated carbocycles. The number of benzene rings is 1. The smallest absolute Gasteiger partial charge is 0.233 e. The zero-order valence-electron chi connectivity index (χ0n) is 15.2. The summed E-state index contributed by atoms with van der Waals surface area (Å²) >= 11 is 0. The summed E-state index contributed by atoms with van der Waals surface area (Å²) < 4.78 is 11.7. The van der Waals surface area contributed by atoms with Crippen LogP contribution < -0.4 is 4.74 Å². The van der Waals surface area contributed by atoms with Gasteiger partial charge in [0, 0.05) is 37.9 Å². The molecular weight excluding hydrogens is 326 g/mol. The Labute approximate surface area is 155 Å². The first-order chi connectivity index (χ1) is 12.8.